The lowest BCUT2D eigenvalue weighted by Gasteiger charge is -2.18. The van der Waals surface area contributed by atoms with Crippen molar-refractivity contribution in [2.45, 2.75) is 25.6 Å². The van der Waals surface area contributed by atoms with E-state index in [9.17, 15) is 5.11 Å². The smallest absolute Gasteiger partial charge is 0.143 e. The summed E-state index contributed by atoms with van der Waals surface area (Å²) in [6.45, 7) is 5.91. The Morgan fingerprint density at radius 3 is 2.65 bits per heavy atom. The van der Waals surface area contributed by atoms with Crippen molar-refractivity contribution < 1.29 is 9.84 Å². The van der Waals surface area contributed by atoms with E-state index in [2.05, 4.69) is 12.5 Å². The lowest BCUT2D eigenvalue weighted by molar-refractivity contribution is 0.111. The zero-order valence-corrected chi connectivity index (χ0v) is 10.1. The normalized spacial score (nSPS) is 13.7. The number of hydrogen-bond donors (Lipinski definition) is 1. The number of terminal acetylenes is 1. The lowest BCUT2D eigenvalue weighted by Crippen LogP contribution is -2.08. The molecule has 0 saturated heterocycles. The predicted octanol–water partition coefficient (Wildman–Crippen LogP) is 3.01. The molecule has 1 N–H and O–H groups in total. The van der Waals surface area contributed by atoms with Crippen molar-refractivity contribution in [2.24, 2.45) is 0 Å². The highest BCUT2D eigenvalue weighted by Gasteiger charge is 2.16. The van der Waals surface area contributed by atoms with Gasteiger partial charge in [-0.2, -0.15) is 0 Å². The Morgan fingerprint density at radius 2 is 2.12 bits per heavy atom. The standard InChI is InChI=1S/C15H18O2/c1-4-11-17-15(6-3)13-10-8-7-9-12(13)14(16)5-2/h3-4,7-10,14-16H,1,5,11H2,2H3. The number of aliphatic hydroxyl groups excluding tert-OH is 1. The predicted molar refractivity (Wildman–Crippen MR) is 69.4 cm³/mol. The average Bonchev–Trinajstić information content (AvgIpc) is 2.39. The fraction of sp³-hybridized carbons (Fsp3) is 0.333. The van der Waals surface area contributed by atoms with E-state index in [-0.39, 0.29) is 0 Å². The van der Waals surface area contributed by atoms with E-state index in [1.165, 1.54) is 0 Å². The Hall–Kier alpha value is -1.56. The summed E-state index contributed by atoms with van der Waals surface area (Å²) in [5.74, 6) is 2.59. The van der Waals surface area contributed by atoms with Crippen molar-refractivity contribution in [2.75, 3.05) is 6.61 Å². The molecule has 0 amide bonds. The molecule has 2 heteroatoms. The summed E-state index contributed by atoms with van der Waals surface area (Å²) < 4.78 is 5.50. The van der Waals surface area contributed by atoms with Crippen LogP contribution in [0, 0.1) is 12.3 Å². The second-order valence-corrected chi connectivity index (χ2v) is 3.72. The van der Waals surface area contributed by atoms with Gasteiger partial charge in [-0.3, -0.25) is 0 Å². The number of rotatable bonds is 6. The van der Waals surface area contributed by atoms with E-state index in [4.69, 9.17) is 11.2 Å². The second-order valence-electron chi connectivity index (χ2n) is 3.72. The highest BCUT2D eigenvalue weighted by molar-refractivity contribution is 5.34. The van der Waals surface area contributed by atoms with Gasteiger partial charge < -0.3 is 9.84 Å². The number of ether oxygens (including phenoxy) is 1. The van der Waals surface area contributed by atoms with Gasteiger partial charge in [-0.1, -0.05) is 43.2 Å². The number of hydrogen-bond acceptors (Lipinski definition) is 2. The van der Waals surface area contributed by atoms with Crippen molar-refractivity contribution in [1.29, 1.82) is 0 Å². The highest BCUT2D eigenvalue weighted by Crippen LogP contribution is 2.27. The third kappa shape index (κ3) is 3.45. The SMILES string of the molecule is C#CC(OCC=C)c1ccccc1C(O)CC. The Kier molecular flexibility index (Phi) is 5.48. The van der Waals surface area contributed by atoms with Crippen molar-refractivity contribution in [3.8, 4) is 12.3 Å². The maximum atomic E-state index is 9.94. The first-order valence-corrected chi connectivity index (χ1v) is 5.70. The molecule has 1 rings (SSSR count). The van der Waals surface area contributed by atoms with Crippen LogP contribution in [0.3, 0.4) is 0 Å². The van der Waals surface area contributed by atoms with Gasteiger partial charge in [0.2, 0.25) is 0 Å². The molecule has 2 atom stereocenters. The molecule has 0 aliphatic rings. The quantitative estimate of drug-likeness (QED) is 0.601. The van der Waals surface area contributed by atoms with Crippen molar-refractivity contribution >= 4 is 0 Å². The molecule has 1 aromatic rings. The molecule has 0 heterocycles. The summed E-state index contributed by atoms with van der Waals surface area (Å²) >= 11 is 0. The maximum Gasteiger partial charge on any atom is 0.143 e. The molecule has 0 radical (unpaired) electrons. The van der Waals surface area contributed by atoms with E-state index in [0.717, 1.165) is 11.1 Å². The first kappa shape index (κ1) is 13.5. The van der Waals surface area contributed by atoms with E-state index in [0.29, 0.717) is 13.0 Å². The van der Waals surface area contributed by atoms with Crippen LogP contribution in [-0.2, 0) is 4.74 Å². The van der Waals surface area contributed by atoms with Crippen LogP contribution < -0.4 is 0 Å². The molecule has 1 aromatic carbocycles. The molecule has 2 unspecified atom stereocenters. The van der Waals surface area contributed by atoms with Crippen molar-refractivity contribution in [1.82, 2.24) is 0 Å². The number of aliphatic hydroxyl groups is 1. The molecule has 0 saturated carbocycles. The molecule has 0 aliphatic carbocycles. The van der Waals surface area contributed by atoms with Crippen LogP contribution in [-0.4, -0.2) is 11.7 Å². The first-order chi connectivity index (χ1) is 8.24. The van der Waals surface area contributed by atoms with E-state index in [1.54, 1.807) is 6.08 Å². The van der Waals surface area contributed by atoms with Gasteiger partial charge in [0, 0.05) is 0 Å². The minimum atomic E-state index is -0.505. The largest absolute Gasteiger partial charge is 0.388 e. The molecule has 90 valence electrons. The monoisotopic (exact) mass is 230 g/mol. The minimum absolute atomic E-state index is 0.394. The summed E-state index contributed by atoms with van der Waals surface area (Å²) in [5, 5.41) is 9.94. The van der Waals surface area contributed by atoms with Crippen molar-refractivity contribution in [3.05, 3.63) is 48.0 Å². The molecule has 0 aromatic heterocycles. The van der Waals surface area contributed by atoms with Gasteiger partial charge >= 0.3 is 0 Å². The summed E-state index contributed by atoms with van der Waals surface area (Å²) in [4.78, 5) is 0. The zero-order chi connectivity index (χ0) is 12.7. The molecule has 0 fully saturated rings. The maximum absolute atomic E-state index is 9.94. The van der Waals surface area contributed by atoms with Crippen molar-refractivity contribution in [3.63, 3.8) is 0 Å². The van der Waals surface area contributed by atoms with E-state index in [1.807, 2.05) is 31.2 Å². The summed E-state index contributed by atoms with van der Waals surface area (Å²) in [6, 6.07) is 7.55. The van der Waals surface area contributed by atoms with Crippen LogP contribution in [0.2, 0.25) is 0 Å². The second kappa shape index (κ2) is 6.90. The Labute approximate surface area is 103 Å². The first-order valence-electron chi connectivity index (χ1n) is 5.70. The van der Waals surface area contributed by atoms with Gasteiger partial charge in [0.15, 0.2) is 0 Å². The van der Waals surface area contributed by atoms with Gasteiger partial charge in [0.05, 0.1) is 12.7 Å². The topological polar surface area (TPSA) is 29.5 Å². The Bertz CT molecular complexity index is 404. The Morgan fingerprint density at radius 1 is 1.47 bits per heavy atom. The van der Waals surface area contributed by atoms with Crippen LogP contribution in [0.5, 0.6) is 0 Å². The Balaban J connectivity index is 3.02. The van der Waals surface area contributed by atoms with Crippen LogP contribution in [0.15, 0.2) is 36.9 Å². The fourth-order valence-electron chi connectivity index (χ4n) is 1.66. The highest BCUT2D eigenvalue weighted by atomic mass is 16.5. The molecule has 0 spiro atoms. The van der Waals surface area contributed by atoms with Crippen LogP contribution in [0.25, 0.3) is 0 Å². The minimum Gasteiger partial charge on any atom is -0.388 e. The van der Waals surface area contributed by atoms with Crippen LogP contribution >= 0.6 is 0 Å². The summed E-state index contributed by atoms with van der Waals surface area (Å²) in [6.07, 6.45) is 6.83. The molecular formula is C15H18O2. The number of benzene rings is 1. The average molecular weight is 230 g/mol. The van der Waals surface area contributed by atoms with Crippen LogP contribution in [0.1, 0.15) is 36.7 Å². The van der Waals surface area contributed by atoms with Gasteiger partial charge in [-0.15, -0.1) is 13.0 Å². The molecule has 0 aliphatic heterocycles. The van der Waals surface area contributed by atoms with Gasteiger partial charge in [0.1, 0.15) is 6.10 Å². The summed E-state index contributed by atoms with van der Waals surface area (Å²) in [7, 11) is 0. The van der Waals surface area contributed by atoms with Gasteiger partial charge in [0.25, 0.3) is 0 Å². The lowest BCUT2D eigenvalue weighted by atomic mass is 9.97. The molecule has 17 heavy (non-hydrogen) atoms. The zero-order valence-electron chi connectivity index (χ0n) is 10.1. The van der Waals surface area contributed by atoms with E-state index < -0.39 is 12.2 Å². The van der Waals surface area contributed by atoms with Gasteiger partial charge in [-0.25, -0.2) is 0 Å². The molecular weight excluding hydrogens is 212 g/mol. The molecule has 0 bridgehead atoms. The van der Waals surface area contributed by atoms with Gasteiger partial charge in [-0.05, 0) is 17.5 Å². The summed E-state index contributed by atoms with van der Waals surface area (Å²) in [5.41, 5.74) is 1.69. The molecule has 2 nitrogen and oxygen atoms in total. The van der Waals surface area contributed by atoms with E-state index >= 15 is 0 Å². The van der Waals surface area contributed by atoms with Crippen LogP contribution in [0.4, 0.5) is 0 Å². The third-order valence-electron chi connectivity index (χ3n) is 2.56. The fourth-order valence-corrected chi connectivity index (χ4v) is 1.66. The third-order valence-corrected chi connectivity index (χ3v) is 2.56.